The van der Waals surface area contributed by atoms with Crippen LogP contribution in [0.15, 0.2) is 24.3 Å². The second-order valence-electron chi connectivity index (χ2n) is 5.39. The molecular weight excluding hydrogens is 258 g/mol. The number of hydrogen-bond donors (Lipinski definition) is 1. The van der Waals surface area contributed by atoms with Gasteiger partial charge in [0.05, 0.1) is 13.2 Å². The molecule has 1 aromatic rings. The second kappa shape index (κ2) is 8.57. The second-order valence-corrected chi connectivity index (χ2v) is 5.82. The van der Waals surface area contributed by atoms with E-state index in [9.17, 15) is 0 Å². The summed E-state index contributed by atoms with van der Waals surface area (Å²) in [5.74, 6) is 0.894. The maximum Gasteiger partial charge on any atom is 0.0717 e. The topological polar surface area (TPSA) is 21.3 Å². The van der Waals surface area contributed by atoms with Gasteiger partial charge >= 0.3 is 0 Å². The summed E-state index contributed by atoms with van der Waals surface area (Å²) in [5.41, 5.74) is 1.18. The molecule has 0 aromatic heterocycles. The Bertz CT molecular complexity index is 346. The predicted molar refractivity (Wildman–Crippen MR) is 80.6 cm³/mol. The minimum absolute atomic E-state index is 0.669. The van der Waals surface area contributed by atoms with Crippen LogP contribution >= 0.6 is 11.6 Å². The van der Waals surface area contributed by atoms with Gasteiger partial charge in [0.2, 0.25) is 0 Å². The summed E-state index contributed by atoms with van der Waals surface area (Å²) >= 11 is 5.84. The molecule has 0 heterocycles. The molecule has 0 saturated heterocycles. The number of rotatable bonds is 7. The molecule has 2 rings (SSSR count). The van der Waals surface area contributed by atoms with Crippen LogP contribution in [-0.4, -0.2) is 19.7 Å². The lowest BCUT2D eigenvalue weighted by Crippen LogP contribution is -2.27. The summed E-state index contributed by atoms with van der Waals surface area (Å²) in [5, 5.41) is 4.28. The molecule has 3 heteroatoms. The van der Waals surface area contributed by atoms with Crippen molar-refractivity contribution in [1.29, 1.82) is 0 Å². The highest BCUT2D eigenvalue weighted by Gasteiger charge is 2.12. The van der Waals surface area contributed by atoms with Gasteiger partial charge in [-0.2, -0.15) is 0 Å². The van der Waals surface area contributed by atoms with E-state index in [2.05, 4.69) is 5.32 Å². The highest BCUT2D eigenvalue weighted by molar-refractivity contribution is 6.30. The molecule has 0 radical (unpaired) electrons. The summed E-state index contributed by atoms with van der Waals surface area (Å²) in [6.45, 7) is 3.55. The number of halogens is 1. The van der Waals surface area contributed by atoms with Crippen molar-refractivity contribution in [2.45, 2.75) is 38.7 Å². The molecule has 1 aliphatic rings. The molecule has 2 nitrogen and oxygen atoms in total. The minimum atomic E-state index is 0.669. The van der Waals surface area contributed by atoms with Crippen molar-refractivity contribution in [3.8, 4) is 0 Å². The van der Waals surface area contributed by atoms with Gasteiger partial charge < -0.3 is 10.1 Å². The van der Waals surface area contributed by atoms with Crippen LogP contribution in [0.25, 0.3) is 0 Å². The van der Waals surface area contributed by atoms with E-state index in [0.717, 1.165) is 30.6 Å². The van der Waals surface area contributed by atoms with Crippen molar-refractivity contribution in [2.24, 2.45) is 5.92 Å². The van der Waals surface area contributed by atoms with E-state index in [1.54, 1.807) is 0 Å². The Morgan fingerprint density at radius 1 is 1.11 bits per heavy atom. The molecule has 1 saturated carbocycles. The average Bonchev–Trinajstić information content (AvgIpc) is 2.46. The van der Waals surface area contributed by atoms with Gasteiger partial charge in [0.1, 0.15) is 0 Å². The highest BCUT2D eigenvalue weighted by Crippen LogP contribution is 2.22. The normalized spacial score (nSPS) is 16.7. The molecule has 1 aliphatic carbocycles. The average molecular weight is 282 g/mol. The van der Waals surface area contributed by atoms with Crippen molar-refractivity contribution < 1.29 is 4.74 Å². The Morgan fingerprint density at radius 3 is 2.58 bits per heavy atom. The zero-order valence-corrected chi connectivity index (χ0v) is 12.3. The first-order valence-electron chi connectivity index (χ1n) is 7.37. The van der Waals surface area contributed by atoms with Gasteiger partial charge in [0.15, 0.2) is 0 Å². The largest absolute Gasteiger partial charge is 0.375 e. The Kier molecular flexibility index (Phi) is 6.69. The SMILES string of the molecule is Clc1ccc(COCCNCC2CCCCC2)cc1. The number of benzene rings is 1. The third kappa shape index (κ3) is 5.94. The monoisotopic (exact) mass is 281 g/mol. The fourth-order valence-corrected chi connectivity index (χ4v) is 2.74. The van der Waals surface area contributed by atoms with Crippen LogP contribution in [0.2, 0.25) is 5.02 Å². The van der Waals surface area contributed by atoms with Crippen molar-refractivity contribution in [3.63, 3.8) is 0 Å². The Hall–Kier alpha value is -0.570. The van der Waals surface area contributed by atoms with E-state index in [0.29, 0.717) is 6.61 Å². The van der Waals surface area contributed by atoms with E-state index in [4.69, 9.17) is 16.3 Å². The van der Waals surface area contributed by atoms with Crippen LogP contribution in [0.1, 0.15) is 37.7 Å². The Balaban J connectivity index is 1.49. The van der Waals surface area contributed by atoms with Crippen LogP contribution in [0, 0.1) is 5.92 Å². The first-order chi connectivity index (χ1) is 9.34. The summed E-state index contributed by atoms with van der Waals surface area (Å²) in [7, 11) is 0. The lowest BCUT2D eigenvalue weighted by atomic mass is 9.89. The number of ether oxygens (including phenoxy) is 1. The number of nitrogens with one attached hydrogen (secondary N) is 1. The van der Waals surface area contributed by atoms with Crippen molar-refractivity contribution in [2.75, 3.05) is 19.7 Å². The van der Waals surface area contributed by atoms with E-state index in [-0.39, 0.29) is 0 Å². The molecule has 19 heavy (non-hydrogen) atoms. The summed E-state index contributed by atoms with van der Waals surface area (Å²) in [4.78, 5) is 0. The third-order valence-corrected chi connectivity index (χ3v) is 4.01. The molecule has 0 unspecified atom stereocenters. The lowest BCUT2D eigenvalue weighted by Gasteiger charge is -2.21. The zero-order chi connectivity index (χ0) is 13.3. The van der Waals surface area contributed by atoms with Gasteiger partial charge in [-0.1, -0.05) is 43.0 Å². The summed E-state index contributed by atoms with van der Waals surface area (Å²) < 4.78 is 5.64. The smallest absolute Gasteiger partial charge is 0.0717 e. The molecule has 1 fully saturated rings. The van der Waals surface area contributed by atoms with Gasteiger partial charge in [-0.15, -0.1) is 0 Å². The molecule has 0 aliphatic heterocycles. The van der Waals surface area contributed by atoms with Crippen LogP contribution in [0.5, 0.6) is 0 Å². The summed E-state index contributed by atoms with van der Waals surface area (Å²) in [6.07, 6.45) is 7.07. The fourth-order valence-electron chi connectivity index (χ4n) is 2.61. The maximum absolute atomic E-state index is 5.84. The van der Waals surface area contributed by atoms with Gasteiger partial charge in [0, 0.05) is 11.6 Å². The molecule has 1 N–H and O–H groups in total. The number of hydrogen-bond acceptors (Lipinski definition) is 2. The Morgan fingerprint density at radius 2 is 1.84 bits per heavy atom. The van der Waals surface area contributed by atoms with Crippen molar-refractivity contribution in [1.82, 2.24) is 5.32 Å². The van der Waals surface area contributed by atoms with Crippen LogP contribution in [0.4, 0.5) is 0 Å². The lowest BCUT2D eigenvalue weighted by molar-refractivity contribution is 0.121. The van der Waals surface area contributed by atoms with E-state index < -0.39 is 0 Å². The fraction of sp³-hybridized carbons (Fsp3) is 0.625. The molecule has 106 valence electrons. The van der Waals surface area contributed by atoms with Crippen LogP contribution < -0.4 is 5.32 Å². The van der Waals surface area contributed by atoms with E-state index >= 15 is 0 Å². The summed E-state index contributed by atoms with van der Waals surface area (Å²) in [6, 6.07) is 7.83. The third-order valence-electron chi connectivity index (χ3n) is 3.76. The zero-order valence-electron chi connectivity index (χ0n) is 11.5. The van der Waals surface area contributed by atoms with Gasteiger partial charge in [-0.3, -0.25) is 0 Å². The minimum Gasteiger partial charge on any atom is -0.375 e. The maximum atomic E-state index is 5.84. The standard InChI is InChI=1S/C16H24ClNO/c17-16-8-6-15(7-9-16)13-19-11-10-18-12-14-4-2-1-3-5-14/h6-9,14,18H,1-5,10-13H2. The molecule has 0 atom stereocenters. The first kappa shape index (κ1) is 14.8. The van der Waals surface area contributed by atoms with Crippen LogP contribution in [-0.2, 0) is 11.3 Å². The Labute approximate surface area is 121 Å². The molecular formula is C16H24ClNO. The molecule has 1 aromatic carbocycles. The van der Waals surface area contributed by atoms with Gasteiger partial charge in [-0.05, 0) is 43.0 Å². The highest BCUT2D eigenvalue weighted by atomic mass is 35.5. The first-order valence-corrected chi connectivity index (χ1v) is 7.75. The van der Waals surface area contributed by atoms with Crippen molar-refractivity contribution >= 4 is 11.6 Å². The van der Waals surface area contributed by atoms with Crippen LogP contribution in [0.3, 0.4) is 0 Å². The quantitative estimate of drug-likeness (QED) is 0.762. The van der Waals surface area contributed by atoms with Gasteiger partial charge in [0.25, 0.3) is 0 Å². The van der Waals surface area contributed by atoms with E-state index in [1.807, 2.05) is 24.3 Å². The molecule has 0 bridgehead atoms. The van der Waals surface area contributed by atoms with Gasteiger partial charge in [-0.25, -0.2) is 0 Å². The predicted octanol–water partition coefficient (Wildman–Crippen LogP) is 4.03. The molecule has 0 amide bonds. The molecule has 0 spiro atoms. The van der Waals surface area contributed by atoms with E-state index in [1.165, 1.54) is 37.7 Å². The van der Waals surface area contributed by atoms with Crippen molar-refractivity contribution in [3.05, 3.63) is 34.9 Å².